The summed E-state index contributed by atoms with van der Waals surface area (Å²) in [6.45, 7) is 12.6. The molecule has 0 aromatic rings. The molecule has 4 nitrogen and oxygen atoms in total. The second-order valence-electron chi connectivity index (χ2n) is 7.67. The van der Waals surface area contributed by atoms with Gasteiger partial charge in [-0.15, -0.1) is 24.0 Å². The zero-order chi connectivity index (χ0) is 14.9. The minimum atomic E-state index is 0. The van der Waals surface area contributed by atoms with Crippen molar-refractivity contribution < 1.29 is 0 Å². The molecule has 1 aliphatic carbocycles. The zero-order valence-electron chi connectivity index (χ0n) is 14.5. The molecule has 1 saturated carbocycles. The predicted octanol–water partition coefficient (Wildman–Crippen LogP) is 2.93. The highest BCUT2D eigenvalue weighted by atomic mass is 127. The lowest BCUT2D eigenvalue weighted by Gasteiger charge is -2.32. The van der Waals surface area contributed by atoms with Crippen molar-refractivity contribution in [3.05, 3.63) is 0 Å². The van der Waals surface area contributed by atoms with Gasteiger partial charge in [-0.05, 0) is 51.1 Å². The Labute approximate surface area is 153 Å². The average molecular weight is 420 g/mol. The number of halogens is 1. The van der Waals surface area contributed by atoms with Crippen LogP contribution in [0.15, 0.2) is 4.99 Å². The highest BCUT2D eigenvalue weighted by Crippen LogP contribution is 2.44. The molecule has 3 rings (SSSR count). The standard InChI is InChI=1S/C17H32N4.HI/c1-4-18-16(19-15-12-17(15,2)3)21-11-8-14(13-21)20-9-6-5-7-10-20;/h14-15H,4-13H2,1-3H3,(H,18,19);1H. The second kappa shape index (κ2) is 7.69. The van der Waals surface area contributed by atoms with Crippen LogP contribution >= 0.6 is 24.0 Å². The molecule has 2 aliphatic heterocycles. The molecule has 0 spiro atoms. The molecule has 128 valence electrons. The molecule has 3 fully saturated rings. The average Bonchev–Trinajstić information content (AvgIpc) is 2.91. The Hall–Kier alpha value is -0.0400. The minimum absolute atomic E-state index is 0. The Morgan fingerprint density at radius 3 is 2.45 bits per heavy atom. The molecule has 3 aliphatic rings. The van der Waals surface area contributed by atoms with Crippen molar-refractivity contribution in [2.24, 2.45) is 10.4 Å². The van der Waals surface area contributed by atoms with Gasteiger partial charge in [0, 0.05) is 31.7 Å². The van der Waals surface area contributed by atoms with E-state index in [-0.39, 0.29) is 24.0 Å². The first-order valence-electron chi connectivity index (χ1n) is 8.90. The van der Waals surface area contributed by atoms with E-state index < -0.39 is 0 Å². The largest absolute Gasteiger partial charge is 0.353 e. The van der Waals surface area contributed by atoms with Crippen LogP contribution in [0.5, 0.6) is 0 Å². The molecular formula is C17H33IN4. The molecule has 0 aromatic carbocycles. The first-order valence-corrected chi connectivity index (χ1v) is 8.90. The molecule has 2 unspecified atom stereocenters. The maximum Gasteiger partial charge on any atom is 0.194 e. The summed E-state index contributed by atoms with van der Waals surface area (Å²) < 4.78 is 0. The first kappa shape index (κ1) is 18.3. The zero-order valence-corrected chi connectivity index (χ0v) is 16.8. The summed E-state index contributed by atoms with van der Waals surface area (Å²) in [6, 6.07) is 1.37. The van der Waals surface area contributed by atoms with E-state index in [0.717, 1.165) is 18.5 Å². The van der Waals surface area contributed by atoms with Crippen molar-refractivity contribution in [2.75, 3.05) is 32.7 Å². The number of aliphatic imine (C=N–C) groups is 1. The third kappa shape index (κ3) is 4.28. The number of nitrogens with one attached hydrogen (secondary N) is 1. The SMILES string of the molecule is CCN=C(NC1CC1(C)C)N1CCC(N2CCCCC2)C1.I. The van der Waals surface area contributed by atoms with E-state index >= 15 is 0 Å². The summed E-state index contributed by atoms with van der Waals surface area (Å²) in [5.74, 6) is 1.16. The minimum Gasteiger partial charge on any atom is -0.353 e. The van der Waals surface area contributed by atoms with Crippen LogP contribution in [-0.4, -0.2) is 60.6 Å². The van der Waals surface area contributed by atoms with Gasteiger partial charge in [-0.2, -0.15) is 0 Å². The van der Waals surface area contributed by atoms with Crippen LogP contribution in [0, 0.1) is 5.41 Å². The van der Waals surface area contributed by atoms with Gasteiger partial charge in [0.1, 0.15) is 0 Å². The number of likely N-dealkylation sites (tertiary alicyclic amines) is 2. The number of hydrogen-bond donors (Lipinski definition) is 1. The maximum absolute atomic E-state index is 4.74. The Morgan fingerprint density at radius 1 is 1.18 bits per heavy atom. The summed E-state index contributed by atoms with van der Waals surface area (Å²) in [5, 5.41) is 3.70. The normalized spacial score (nSPS) is 31.8. The number of hydrogen-bond acceptors (Lipinski definition) is 2. The number of nitrogens with zero attached hydrogens (tertiary/aromatic N) is 3. The van der Waals surface area contributed by atoms with Crippen LogP contribution in [0.1, 0.15) is 52.9 Å². The predicted molar refractivity (Wildman–Crippen MR) is 104 cm³/mol. The first-order chi connectivity index (χ1) is 10.1. The fraction of sp³-hybridized carbons (Fsp3) is 0.941. The highest BCUT2D eigenvalue weighted by Gasteiger charge is 2.47. The molecule has 0 radical (unpaired) electrons. The van der Waals surface area contributed by atoms with Gasteiger partial charge in [0.05, 0.1) is 0 Å². The monoisotopic (exact) mass is 420 g/mol. The van der Waals surface area contributed by atoms with Crippen molar-refractivity contribution in [1.82, 2.24) is 15.1 Å². The van der Waals surface area contributed by atoms with Gasteiger partial charge in [0.2, 0.25) is 0 Å². The lowest BCUT2D eigenvalue weighted by Crippen LogP contribution is -2.45. The Bertz CT molecular complexity index is 390. The fourth-order valence-electron chi connectivity index (χ4n) is 3.77. The van der Waals surface area contributed by atoms with E-state index in [9.17, 15) is 0 Å². The maximum atomic E-state index is 4.74. The van der Waals surface area contributed by atoms with Crippen LogP contribution in [0.4, 0.5) is 0 Å². The molecule has 1 N–H and O–H groups in total. The van der Waals surface area contributed by atoms with E-state index in [1.54, 1.807) is 0 Å². The van der Waals surface area contributed by atoms with E-state index in [0.29, 0.717) is 11.5 Å². The molecule has 0 bridgehead atoms. The lowest BCUT2D eigenvalue weighted by atomic mass is 10.1. The van der Waals surface area contributed by atoms with Gasteiger partial charge in [-0.1, -0.05) is 20.3 Å². The van der Waals surface area contributed by atoms with Gasteiger partial charge in [-0.3, -0.25) is 9.89 Å². The van der Waals surface area contributed by atoms with Crippen molar-refractivity contribution in [1.29, 1.82) is 0 Å². The van der Waals surface area contributed by atoms with E-state index in [1.165, 1.54) is 58.3 Å². The molecule has 0 amide bonds. The summed E-state index contributed by atoms with van der Waals surface area (Å²) in [4.78, 5) is 9.96. The topological polar surface area (TPSA) is 30.9 Å². The fourth-order valence-corrected chi connectivity index (χ4v) is 3.77. The van der Waals surface area contributed by atoms with Gasteiger partial charge in [0.15, 0.2) is 5.96 Å². The lowest BCUT2D eigenvalue weighted by molar-refractivity contribution is 0.168. The number of piperidine rings is 1. The van der Waals surface area contributed by atoms with Gasteiger partial charge in [0.25, 0.3) is 0 Å². The molecule has 2 saturated heterocycles. The van der Waals surface area contributed by atoms with E-state index in [4.69, 9.17) is 4.99 Å². The second-order valence-corrected chi connectivity index (χ2v) is 7.67. The Kier molecular flexibility index (Phi) is 6.39. The van der Waals surface area contributed by atoms with Crippen molar-refractivity contribution in [3.63, 3.8) is 0 Å². The summed E-state index contributed by atoms with van der Waals surface area (Å²) >= 11 is 0. The molecule has 5 heteroatoms. The molecule has 0 aromatic heterocycles. The quantitative estimate of drug-likeness (QED) is 0.433. The van der Waals surface area contributed by atoms with Crippen molar-refractivity contribution in [3.8, 4) is 0 Å². The van der Waals surface area contributed by atoms with Crippen molar-refractivity contribution >= 4 is 29.9 Å². The molecule has 2 heterocycles. The summed E-state index contributed by atoms with van der Waals surface area (Å²) in [7, 11) is 0. The smallest absolute Gasteiger partial charge is 0.194 e. The Balaban J connectivity index is 0.00000176. The third-order valence-electron chi connectivity index (χ3n) is 5.49. The summed E-state index contributed by atoms with van der Waals surface area (Å²) in [6.07, 6.45) is 6.78. The molecule has 22 heavy (non-hydrogen) atoms. The van der Waals surface area contributed by atoms with Gasteiger partial charge >= 0.3 is 0 Å². The van der Waals surface area contributed by atoms with Crippen molar-refractivity contribution in [2.45, 2.75) is 65.0 Å². The Morgan fingerprint density at radius 2 is 1.86 bits per heavy atom. The molecular weight excluding hydrogens is 387 g/mol. The van der Waals surface area contributed by atoms with E-state index in [1.807, 2.05) is 0 Å². The van der Waals surface area contributed by atoms with Crippen LogP contribution in [-0.2, 0) is 0 Å². The molecule has 2 atom stereocenters. The van der Waals surface area contributed by atoms with Crippen LogP contribution in [0.3, 0.4) is 0 Å². The van der Waals surface area contributed by atoms with Gasteiger partial charge < -0.3 is 10.2 Å². The summed E-state index contributed by atoms with van der Waals surface area (Å²) in [5.41, 5.74) is 0.459. The third-order valence-corrected chi connectivity index (χ3v) is 5.49. The van der Waals surface area contributed by atoms with E-state index in [2.05, 4.69) is 35.9 Å². The van der Waals surface area contributed by atoms with Crippen LogP contribution < -0.4 is 5.32 Å². The number of rotatable bonds is 3. The van der Waals surface area contributed by atoms with Crippen LogP contribution in [0.25, 0.3) is 0 Å². The van der Waals surface area contributed by atoms with Crippen LogP contribution in [0.2, 0.25) is 0 Å². The highest BCUT2D eigenvalue weighted by molar-refractivity contribution is 14.0. The van der Waals surface area contributed by atoms with Gasteiger partial charge in [-0.25, -0.2) is 0 Å². The number of guanidine groups is 1.